The molecule has 82 valence electrons. The van der Waals surface area contributed by atoms with Gasteiger partial charge in [-0.05, 0) is 23.3 Å². The Kier molecular flexibility index (Phi) is 3.37. The minimum atomic E-state index is 0.351. The highest BCUT2D eigenvalue weighted by Crippen LogP contribution is 2.23. The lowest BCUT2D eigenvalue weighted by Crippen LogP contribution is -2.18. The van der Waals surface area contributed by atoms with Crippen molar-refractivity contribution in [2.75, 3.05) is 6.54 Å². The van der Waals surface area contributed by atoms with Gasteiger partial charge in [-0.25, -0.2) is 0 Å². The third-order valence-electron chi connectivity index (χ3n) is 2.86. The van der Waals surface area contributed by atoms with E-state index in [0.29, 0.717) is 6.04 Å². The van der Waals surface area contributed by atoms with Gasteiger partial charge in [-0.3, -0.25) is 0 Å². The van der Waals surface area contributed by atoms with Crippen molar-refractivity contribution < 1.29 is 0 Å². The fraction of sp³-hybridized carbons (Fsp3) is 0.200. The van der Waals surface area contributed by atoms with Crippen LogP contribution in [0.2, 0.25) is 0 Å². The average molecular weight is 211 g/mol. The first-order chi connectivity index (χ1) is 7.83. The molecule has 0 radical (unpaired) electrons. The highest BCUT2D eigenvalue weighted by atomic mass is 14.9. The number of benzene rings is 2. The number of fused-ring (bicyclic) bond motifs is 1. The summed E-state index contributed by atoms with van der Waals surface area (Å²) in [6, 6.07) is 15.3. The molecule has 0 aliphatic heterocycles. The molecule has 0 bridgehead atoms. The highest BCUT2D eigenvalue weighted by Gasteiger charge is 2.06. The molecule has 0 aromatic heterocycles. The summed E-state index contributed by atoms with van der Waals surface area (Å²) in [5.74, 6) is 0. The SMILES string of the molecule is C=CCN[C@H](C)c1cccc2ccccc12. The Labute approximate surface area is 96.8 Å². The highest BCUT2D eigenvalue weighted by molar-refractivity contribution is 5.86. The molecule has 2 rings (SSSR count). The molecular formula is C15H17N. The van der Waals surface area contributed by atoms with Gasteiger partial charge in [-0.15, -0.1) is 6.58 Å². The van der Waals surface area contributed by atoms with E-state index in [2.05, 4.69) is 61.3 Å². The zero-order valence-electron chi connectivity index (χ0n) is 9.61. The van der Waals surface area contributed by atoms with Gasteiger partial charge in [-0.1, -0.05) is 48.5 Å². The number of nitrogens with one attached hydrogen (secondary N) is 1. The second kappa shape index (κ2) is 4.95. The molecule has 2 aromatic rings. The second-order valence-corrected chi connectivity index (χ2v) is 3.99. The fourth-order valence-electron chi connectivity index (χ4n) is 2.00. The van der Waals surface area contributed by atoms with Crippen molar-refractivity contribution in [3.8, 4) is 0 Å². The minimum Gasteiger partial charge on any atom is -0.307 e. The van der Waals surface area contributed by atoms with Crippen LogP contribution in [0.1, 0.15) is 18.5 Å². The van der Waals surface area contributed by atoms with Crippen LogP contribution >= 0.6 is 0 Å². The summed E-state index contributed by atoms with van der Waals surface area (Å²) in [4.78, 5) is 0. The number of hydrogen-bond acceptors (Lipinski definition) is 1. The van der Waals surface area contributed by atoms with E-state index < -0.39 is 0 Å². The zero-order valence-corrected chi connectivity index (χ0v) is 9.61. The molecular weight excluding hydrogens is 194 g/mol. The van der Waals surface area contributed by atoms with Crippen molar-refractivity contribution in [1.82, 2.24) is 5.32 Å². The normalized spacial score (nSPS) is 12.6. The van der Waals surface area contributed by atoms with Crippen LogP contribution in [0.4, 0.5) is 0 Å². The Hall–Kier alpha value is -1.60. The minimum absolute atomic E-state index is 0.351. The third kappa shape index (κ3) is 2.15. The zero-order chi connectivity index (χ0) is 11.4. The van der Waals surface area contributed by atoms with E-state index in [1.54, 1.807) is 0 Å². The Balaban J connectivity index is 2.39. The van der Waals surface area contributed by atoms with Crippen LogP contribution in [-0.4, -0.2) is 6.54 Å². The van der Waals surface area contributed by atoms with Gasteiger partial charge in [0.15, 0.2) is 0 Å². The molecule has 0 unspecified atom stereocenters. The molecule has 0 saturated heterocycles. The summed E-state index contributed by atoms with van der Waals surface area (Å²) in [5, 5.41) is 6.05. The largest absolute Gasteiger partial charge is 0.307 e. The molecule has 0 fully saturated rings. The molecule has 0 saturated carbocycles. The molecule has 16 heavy (non-hydrogen) atoms. The molecule has 1 heteroatoms. The van der Waals surface area contributed by atoms with E-state index in [0.717, 1.165) is 6.54 Å². The summed E-state index contributed by atoms with van der Waals surface area (Å²) in [7, 11) is 0. The van der Waals surface area contributed by atoms with Crippen LogP contribution in [0.15, 0.2) is 55.1 Å². The molecule has 2 aromatic carbocycles. The summed E-state index contributed by atoms with van der Waals surface area (Å²) in [6.45, 7) is 6.75. The smallest absolute Gasteiger partial charge is 0.0300 e. The summed E-state index contributed by atoms with van der Waals surface area (Å²) in [5.41, 5.74) is 1.35. The predicted octanol–water partition coefficient (Wildman–Crippen LogP) is 3.68. The van der Waals surface area contributed by atoms with Gasteiger partial charge in [0.1, 0.15) is 0 Å². The van der Waals surface area contributed by atoms with E-state index >= 15 is 0 Å². The first kappa shape index (κ1) is 10.9. The second-order valence-electron chi connectivity index (χ2n) is 3.99. The molecule has 0 spiro atoms. The molecule has 0 amide bonds. The van der Waals surface area contributed by atoms with Crippen LogP contribution in [0.25, 0.3) is 10.8 Å². The van der Waals surface area contributed by atoms with Crippen molar-refractivity contribution in [1.29, 1.82) is 0 Å². The van der Waals surface area contributed by atoms with Gasteiger partial charge in [-0.2, -0.15) is 0 Å². The summed E-state index contributed by atoms with van der Waals surface area (Å²) >= 11 is 0. The maximum Gasteiger partial charge on any atom is 0.0300 e. The lowest BCUT2D eigenvalue weighted by atomic mass is 10.00. The van der Waals surface area contributed by atoms with E-state index in [1.807, 2.05) is 6.08 Å². The van der Waals surface area contributed by atoms with Crippen LogP contribution in [0.5, 0.6) is 0 Å². The molecule has 1 nitrogen and oxygen atoms in total. The molecule has 1 N–H and O–H groups in total. The Morgan fingerprint density at radius 3 is 2.75 bits per heavy atom. The first-order valence-corrected chi connectivity index (χ1v) is 5.65. The van der Waals surface area contributed by atoms with E-state index in [-0.39, 0.29) is 0 Å². The fourth-order valence-corrected chi connectivity index (χ4v) is 2.00. The summed E-state index contributed by atoms with van der Waals surface area (Å²) < 4.78 is 0. The number of hydrogen-bond donors (Lipinski definition) is 1. The van der Waals surface area contributed by atoms with Crippen molar-refractivity contribution in [3.05, 3.63) is 60.7 Å². The van der Waals surface area contributed by atoms with Gasteiger partial charge in [0, 0.05) is 12.6 Å². The van der Waals surface area contributed by atoms with Crippen molar-refractivity contribution >= 4 is 10.8 Å². The quantitative estimate of drug-likeness (QED) is 0.761. The van der Waals surface area contributed by atoms with Crippen molar-refractivity contribution in [2.45, 2.75) is 13.0 Å². The molecule has 0 heterocycles. The average Bonchev–Trinajstić information content (AvgIpc) is 2.35. The third-order valence-corrected chi connectivity index (χ3v) is 2.86. The van der Waals surface area contributed by atoms with Crippen LogP contribution in [-0.2, 0) is 0 Å². The van der Waals surface area contributed by atoms with Crippen molar-refractivity contribution in [3.63, 3.8) is 0 Å². The topological polar surface area (TPSA) is 12.0 Å². The van der Waals surface area contributed by atoms with E-state index in [1.165, 1.54) is 16.3 Å². The molecule has 1 atom stereocenters. The van der Waals surface area contributed by atoms with Gasteiger partial charge in [0.25, 0.3) is 0 Å². The first-order valence-electron chi connectivity index (χ1n) is 5.65. The molecule has 0 aliphatic carbocycles. The Morgan fingerprint density at radius 2 is 1.94 bits per heavy atom. The van der Waals surface area contributed by atoms with Crippen LogP contribution < -0.4 is 5.32 Å². The van der Waals surface area contributed by atoms with Gasteiger partial charge >= 0.3 is 0 Å². The van der Waals surface area contributed by atoms with Gasteiger partial charge < -0.3 is 5.32 Å². The lowest BCUT2D eigenvalue weighted by Gasteiger charge is -2.15. The lowest BCUT2D eigenvalue weighted by molar-refractivity contribution is 0.622. The maximum absolute atomic E-state index is 3.73. The van der Waals surface area contributed by atoms with Crippen LogP contribution in [0.3, 0.4) is 0 Å². The maximum atomic E-state index is 3.73. The van der Waals surface area contributed by atoms with E-state index in [4.69, 9.17) is 0 Å². The Bertz CT molecular complexity index is 482. The van der Waals surface area contributed by atoms with Gasteiger partial charge in [0.2, 0.25) is 0 Å². The number of rotatable bonds is 4. The van der Waals surface area contributed by atoms with Crippen LogP contribution in [0, 0.1) is 0 Å². The van der Waals surface area contributed by atoms with Gasteiger partial charge in [0.05, 0.1) is 0 Å². The standard InChI is InChI=1S/C15H17N/c1-3-11-16-12(2)14-10-6-8-13-7-4-5-9-15(13)14/h3-10,12,16H,1,11H2,2H3/t12-/m1/s1. The predicted molar refractivity (Wildman–Crippen MR) is 70.6 cm³/mol. The molecule has 0 aliphatic rings. The van der Waals surface area contributed by atoms with E-state index in [9.17, 15) is 0 Å². The monoisotopic (exact) mass is 211 g/mol. The van der Waals surface area contributed by atoms with Crippen molar-refractivity contribution in [2.24, 2.45) is 0 Å². The Morgan fingerprint density at radius 1 is 1.19 bits per heavy atom. The summed E-state index contributed by atoms with van der Waals surface area (Å²) in [6.07, 6.45) is 1.89.